The van der Waals surface area contributed by atoms with Crippen LogP contribution in [-0.4, -0.2) is 140 Å². The number of hydrogen-bond acceptors (Lipinski definition) is 14. The Balaban J connectivity index is 0.912. The first-order chi connectivity index (χ1) is 32.6. The molecule has 24 heteroatoms. The van der Waals surface area contributed by atoms with Gasteiger partial charge in [-0.05, 0) is 61.7 Å². The van der Waals surface area contributed by atoms with Crippen LogP contribution in [-0.2, 0) is 34.4 Å². The number of aromatic amines is 1. The van der Waals surface area contributed by atoms with E-state index in [2.05, 4.69) is 25.6 Å². The standard InChI is InChI=1S/C45H49F3N10O9S2/c1-4-55(2)69(66,67)54-33-7-6-31(46)39(40(33)48)41(61)30-25-50-42-29(30)19-26(23-49-42)27-20-36(68(3,64)65)43(51-24-27)58-17-15-57(16-18-58)38(60)22-45(63)11-13-56(14-12-45)35-9-5-28(21-32(35)47)52-34-8-10-37(59)53-44(34)62/h5-7,9,19-21,23-25,34,52,54,63H,4,8,10-18,22H2,1-3H3,(H,49,50)(H,53,59,62). The first-order valence-corrected chi connectivity index (χ1v) is 25.3. The molecule has 8 rings (SSSR count). The molecule has 3 saturated heterocycles. The summed E-state index contributed by atoms with van der Waals surface area (Å²) < 4.78 is 101. The van der Waals surface area contributed by atoms with Crippen LogP contribution in [0.25, 0.3) is 22.2 Å². The van der Waals surface area contributed by atoms with Crippen molar-refractivity contribution in [1.29, 1.82) is 0 Å². The zero-order valence-electron chi connectivity index (χ0n) is 37.7. The fraction of sp³-hybridized carbons (Fsp3) is 0.378. The van der Waals surface area contributed by atoms with Gasteiger partial charge in [0.25, 0.3) is 0 Å². The van der Waals surface area contributed by atoms with Gasteiger partial charge in [0.2, 0.25) is 23.5 Å². The number of nitrogens with zero attached hydrogens (tertiary/aromatic N) is 6. The van der Waals surface area contributed by atoms with E-state index in [-0.39, 0.29) is 123 Å². The predicted octanol–water partition coefficient (Wildman–Crippen LogP) is 3.57. The lowest BCUT2D eigenvalue weighted by Gasteiger charge is -2.41. The number of piperidine rings is 2. The molecule has 69 heavy (non-hydrogen) atoms. The van der Waals surface area contributed by atoms with E-state index < -0.39 is 72.1 Å². The number of amides is 3. The molecule has 2 aromatic carbocycles. The normalized spacial score (nSPS) is 17.9. The average Bonchev–Trinajstić information content (AvgIpc) is 3.74. The molecule has 0 bridgehead atoms. The molecule has 19 nitrogen and oxygen atoms in total. The van der Waals surface area contributed by atoms with Crippen molar-refractivity contribution in [3.8, 4) is 11.1 Å². The topological polar surface area (TPSA) is 247 Å². The van der Waals surface area contributed by atoms with Crippen LogP contribution in [0, 0.1) is 17.5 Å². The van der Waals surface area contributed by atoms with Crippen LogP contribution in [0.1, 0.15) is 54.9 Å². The zero-order chi connectivity index (χ0) is 49.6. The first-order valence-electron chi connectivity index (χ1n) is 22.0. The summed E-state index contributed by atoms with van der Waals surface area (Å²) in [7, 11) is -6.89. The molecule has 0 radical (unpaired) electrons. The second kappa shape index (κ2) is 19.0. The number of piperazine rings is 1. The zero-order valence-corrected chi connectivity index (χ0v) is 39.3. The summed E-state index contributed by atoms with van der Waals surface area (Å²) in [6.07, 6.45) is 5.74. The quantitative estimate of drug-likeness (QED) is 0.0789. The van der Waals surface area contributed by atoms with Crippen molar-refractivity contribution in [2.45, 2.75) is 55.6 Å². The first kappa shape index (κ1) is 48.8. The number of sulfone groups is 1. The monoisotopic (exact) mass is 994 g/mol. The highest BCUT2D eigenvalue weighted by Gasteiger charge is 2.38. The number of ketones is 1. The van der Waals surface area contributed by atoms with Crippen LogP contribution >= 0.6 is 0 Å². The van der Waals surface area contributed by atoms with Crippen LogP contribution in [0.4, 0.5) is 36.1 Å². The number of carbonyl (C=O) groups is 4. The van der Waals surface area contributed by atoms with E-state index in [1.807, 2.05) is 4.72 Å². The minimum absolute atomic E-state index is 0.0518. The van der Waals surface area contributed by atoms with Gasteiger partial charge in [-0.25, -0.2) is 31.6 Å². The number of aromatic nitrogens is 3. The second-order valence-corrected chi connectivity index (χ2v) is 21.1. The number of fused-ring (bicyclic) bond motifs is 1. The van der Waals surface area contributed by atoms with Gasteiger partial charge in [0, 0.05) is 112 Å². The maximum absolute atomic E-state index is 15.7. The molecule has 3 amide bonds. The Labute approximate surface area is 395 Å². The van der Waals surface area contributed by atoms with Crippen molar-refractivity contribution in [2.75, 3.05) is 79.0 Å². The van der Waals surface area contributed by atoms with Crippen molar-refractivity contribution in [3.05, 3.63) is 89.6 Å². The van der Waals surface area contributed by atoms with Crippen molar-refractivity contribution < 1.29 is 54.3 Å². The highest BCUT2D eigenvalue weighted by atomic mass is 32.2. The number of carbonyl (C=O) groups excluding carboxylic acids is 4. The molecule has 0 aliphatic carbocycles. The maximum atomic E-state index is 15.7. The molecule has 1 atom stereocenters. The Morgan fingerprint density at radius 2 is 1.61 bits per heavy atom. The van der Waals surface area contributed by atoms with Gasteiger partial charge >= 0.3 is 10.2 Å². The molecular formula is C45H49F3N10O9S2. The number of halogens is 3. The smallest absolute Gasteiger partial charge is 0.301 e. The summed E-state index contributed by atoms with van der Waals surface area (Å²) in [5.41, 5.74) is -1.72. The number of H-pyrrole nitrogens is 1. The van der Waals surface area contributed by atoms with Crippen LogP contribution in [0.2, 0.25) is 0 Å². The highest BCUT2D eigenvalue weighted by molar-refractivity contribution is 7.91. The van der Waals surface area contributed by atoms with Crippen molar-refractivity contribution in [1.82, 2.24) is 29.5 Å². The van der Waals surface area contributed by atoms with E-state index in [0.29, 0.717) is 16.9 Å². The molecule has 5 N–H and O–H groups in total. The Kier molecular flexibility index (Phi) is 13.5. The van der Waals surface area contributed by atoms with E-state index in [9.17, 15) is 41.1 Å². The third-order valence-electron chi connectivity index (χ3n) is 12.7. The largest absolute Gasteiger partial charge is 0.389 e. The molecule has 0 saturated carbocycles. The summed E-state index contributed by atoms with van der Waals surface area (Å²) in [5.74, 6) is -5.27. The van der Waals surface area contributed by atoms with Crippen molar-refractivity contribution in [2.24, 2.45) is 0 Å². The SMILES string of the molecule is CCN(C)S(=O)(=O)Nc1ccc(F)c(C(=O)c2c[nH]c3ncc(-c4cnc(N5CCN(C(=O)CC6(O)CCN(c7ccc(NC8CCC(=O)NC8=O)cc7F)CC6)CC5)c(S(C)(=O)=O)c4)cc23)c1F. The lowest BCUT2D eigenvalue weighted by Crippen LogP contribution is -2.52. The Bertz CT molecular complexity index is 3100. The number of hydrogen-bond donors (Lipinski definition) is 5. The van der Waals surface area contributed by atoms with E-state index in [1.165, 1.54) is 43.8 Å². The molecule has 366 valence electrons. The van der Waals surface area contributed by atoms with Gasteiger partial charge in [-0.2, -0.15) is 12.7 Å². The van der Waals surface area contributed by atoms with E-state index in [4.69, 9.17) is 0 Å². The van der Waals surface area contributed by atoms with Crippen LogP contribution in [0.15, 0.2) is 66.0 Å². The van der Waals surface area contributed by atoms with E-state index >= 15 is 13.2 Å². The molecule has 3 aromatic heterocycles. The van der Waals surface area contributed by atoms with Gasteiger partial charge < -0.3 is 30.1 Å². The van der Waals surface area contributed by atoms with Gasteiger partial charge in [0.1, 0.15) is 34.0 Å². The third-order valence-corrected chi connectivity index (χ3v) is 15.4. The van der Waals surface area contributed by atoms with Gasteiger partial charge in [-0.1, -0.05) is 6.92 Å². The van der Waals surface area contributed by atoms with Gasteiger partial charge in [0.15, 0.2) is 15.7 Å². The summed E-state index contributed by atoms with van der Waals surface area (Å²) in [5, 5.41) is 16.8. The highest BCUT2D eigenvalue weighted by Crippen LogP contribution is 2.35. The van der Waals surface area contributed by atoms with Crippen LogP contribution in [0.3, 0.4) is 0 Å². The summed E-state index contributed by atoms with van der Waals surface area (Å²) >= 11 is 0. The second-order valence-electron chi connectivity index (χ2n) is 17.3. The van der Waals surface area contributed by atoms with Gasteiger partial charge in [-0.3, -0.25) is 29.2 Å². The molecule has 0 spiro atoms. The molecule has 3 aliphatic rings. The number of benzene rings is 2. The summed E-state index contributed by atoms with van der Waals surface area (Å²) in [4.78, 5) is 67.6. The molecule has 6 heterocycles. The Morgan fingerprint density at radius 3 is 2.28 bits per heavy atom. The van der Waals surface area contributed by atoms with Crippen LogP contribution < -0.4 is 25.2 Å². The number of aliphatic hydroxyl groups is 1. The fourth-order valence-corrected chi connectivity index (χ4v) is 10.4. The predicted molar refractivity (Wildman–Crippen MR) is 249 cm³/mol. The molecule has 3 fully saturated rings. The number of anilines is 4. The molecular weight excluding hydrogens is 946 g/mol. The van der Waals surface area contributed by atoms with Crippen molar-refractivity contribution in [3.63, 3.8) is 0 Å². The van der Waals surface area contributed by atoms with E-state index in [1.54, 1.807) is 33.8 Å². The van der Waals surface area contributed by atoms with Gasteiger partial charge in [0.05, 0.1) is 29.0 Å². The number of pyridine rings is 2. The van der Waals surface area contributed by atoms with Gasteiger partial charge in [-0.15, -0.1) is 0 Å². The molecule has 3 aliphatic heterocycles. The maximum Gasteiger partial charge on any atom is 0.301 e. The number of rotatable bonds is 14. The average molecular weight is 995 g/mol. The van der Waals surface area contributed by atoms with Crippen LogP contribution in [0.5, 0.6) is 0 Å². The summed E-state index contributed by atoms with van der Waals surface area (Å²) in [6.45, 7) is 3.00. The lowest BCUT2D eigenvalue weighted by molar-refractivity contribution is -0.138. The minimum Gasteiger partial charge on any atom is -0.389 e. The molecule has 1 unspecified atom stereocenters. The van der Waals surface area contributed by atoms with Crippen molar-refractivity contribution >= 4 is 77.5 Å². The number of nitrogens with one attached hydrogen (secondary N) is 4. The third kappa shape index (κ3) is 10.2. The fourth-order valence-electron chi connectivity index (χ4n) is 8.60. The number of imide groups is 1. The Morgan fingerprint density at radius 1 is 0.913 bits per heavy atom. The minimum atomic E-state index is -4.22. The summed E-state index contributed by atoms with van der Waals surface area (Å²) in [6, 6.07) is 8.35. The Hall–Kier alpha value is -6.63. The lowest BCUT2D eigenvalue weighted by atomic mass is 9.87. The van der Waals surface area contributed by atoms with E-state index in [0.717, 1.165) is 22.7 Å². The molecule has 5 aromatic rings.